The van der Waals surface area contributed by atoms with Gasteiger partial charge in [-0.05, 0) is 12.1 Å². The maximum absolute atomic E-state index is 12.1. The third-order valence-corrected chi connectivity index (χ3v) is 2.92. The monoisotopic (exact) mass is 249 g/mol. The maximum Gasteiger partial charge on any atom is 0.324 e. The number of nitrogens with two attached hydrogens (primary N) is 1. The zero-order valence-electron chi connectivity index (χ0n) is 9.87. The summed E-state index contributed by atoms with van der Waals surface area (Å²) in [5, 5.41) is 8.62. The van der Waals surface area contributed by atoms with Crippen molar-refractivity contribution in [3.63, 3.8) is 0 Å². The topological polar surface area (TPSA) is 86.9 Å². The standard InChI is InChI=1S/C12H15N3O3/c13-9-3-1-2-4-10(9)15-8-7-14(12(15)18)6-5-11(16)17/h1-4H,5-8,13H2,(H,16,17). The first-order chi connectivity index (χ1) is 8.59. The zero-order chi connectivity index (χ0) is 13.1. The number of carbonyl (C=O) groups excluding carboxylic acids is 1. The van der Waals surface area contributed by atoms with Crippen molar-refractivity contribution in [1.29, 1.82) is 0 Å². The number of carboxylic acids is 1. The molecule has 0 bridgehead atoms. The van der Waals surface area contributed by atoms with E-state index in [-0.39, 0.29) is 19.0 Å². The van der Waals surface area contributed by atoms with Crippen LogP contribution in [0.5, 0.6) is 0 Å². The van der Waals surface area contributed by atoms with Crippen molar-refractivity contribution in [2.45, 2.75) is 6.42 Å². The molecule has 6 nitrogen and oxygen atoms in total. The molecule has 0 aromatic heterocycles. The van der Waals surface area contributed by atoms with Crippen LogP contribution in [0, 0.1) is 0 Å². The summed E-state index contributed by atoms with van der Waals surface area (Å²) in [5.74, 6) is -0.902. The van der Waals surface area contributed by atoms with E-state index in [4.69, 9.17) is 10.8 Å². The molecule has 1 aliphatic heterocycles. The summed E-state index contributed by atoms with van der Waals surface area (Å²) in [6.07, 6.45) is -0.0378. The summed E-state index contributed by atoms with van der Waals surface area (Å²) in [6, 6.07) is 6.96. The van der Waals surface area contributed by atoms with E-state index in [0.29, 0.717) is 24.5 Å². The van der Waals surface area contributed by atoms with Crippen molar-refractivity contribution < 1.29 is 14.7 Å². The van der Waals surface area contributed by atoms with Crippen molar-refractivity contribution in [2.24, 2.45) is 0 Å². The van der Waals surface area contributed by atoms with Gasteiger partial charge in [-0.25, -0.2) is 4.79 Å². The molecule has 1 aromatic rings. The Hall–Kier alpha value is -2.24. The lowest BCUT2D eigenvalue weighted by molar-refractivity contribution is -0.137. The van der Waals surface area contributed by atoms with Crippen LogP contribution in [0.25, 0.3) is 0 Å². The molecule has 0 spiro atoms. The van der Waals surface area contributed by atoms with Crippen molar-refractivity contribution in [1.82, 2.24) is 4.90 Å². The fourth-order valence-electron chi connectivity index (χ4n) is 1.98. The number of benzene rings is 1. The van der Waals surface area contributed by atoms with Crippen LogP contribution in [-0.4, -0.2) is 41.6 Å². The third kappa shape index (κ3) is 2.37. The number of para-hydroxylation sites is 2. The van der Waals surface area contributed by atoms with Crippen LogP contribution in [0.3, 0.4) is 0 Å². The number of nitrogens with zero attached hydrogens (tertiary/aromatic N) is 2. The van der Waals surface area contributed by atoms with E-state index in [9.17, 15) is 9.59 Å². The maximum atomic E-state index is 12.1. The zero-order valence-corrected chi connectivity index (χ0v) is 9.87. The van der Waals surface area contributed by atoms with Gasteiger partial charge in [-0.2, -0.15) is 0 Å². The van der Waals surface area contributed by atoms with Crippen molar-refractivity contribution in [3.05, 3.63) is 24.3 Å². The fraction of sp³-hybridized carbons (Fsp3) is 0.333. The molecule has 2 amide bonds. The molecule has 96 valence electrons. The molecule has 1 aromatic carbocycles. The summed E-state index contributed by atoms with van der Waals surface area (Å²) < 4.78 is 0. The Morgan fingerprint density at radius 1 is 1.33 bits per heavy atom. The molecule has 1 aliphatic rings. The van der Waals surface area contributed by atoms with E-state index in [0.717, 1.165) is 0 Å². The van der Waals surface area contributed by atoms with Gasteiger partial charge < -0.3 is 15.7 Å². The van der Waals surface area contributed by atoms with Crippen molar-refractivity contribution in [2.75, 3.05) is 30.3 Å². The second-order valence-corrected chi connectivity index (χ2v) is 4.12. The normalized spacial score (nSPS) is 15.2. The number of nitrogen functional groups attached to an aromatic ring is 1. The van der Waals surface area contributed by atoms with Crippen LogP contribution in [-0.2, 0) is 4.79 Å². The molecule has 0 saturated carbocycles. The Bertz CT molecular complexity index is 475. The summed E-state index contributed by atoms with van der Waals surface area (Å²) in [7, 11) is 0. The predicted octanol–water partition coefficient (Wildman–Crippen LogP) is 0.986. The number of urea groups is 1. The molecule has 1 fully saturated rings. The lowest BCUT2D eigenvalue weighted by Gasteiger charge is -2.19. The van der Waals surface area contributed by atoms with Crippen LogP contribution < -0.4 is 10.6 Å². The van der Waals surface area contributed by atoms with Crippen LogP contribution in [0.4, 0.5) is 16.2 Å². The van der Waals surface area contributed by atoms with Crippen LogP contribution in [0.1, 0.15) is 6.42 Å². The summed E-state index contributed by atoms with van der Waals surface area (Å²) >= 11 is 0. The van der Waals surface area contributed by atoms with Crippen LogP contribution in [0.2, 0.25) is 0 Å². The number of hydrogen-bond donors (Lipinski definition) is 2. The molecule has 3 N–H and O–H groups in total. The fourth-order valence-corrected chi connectivity index (χ4v) is 1.98. The summed E-state index contributed by atoms with van der Waals surface area (Å²) in [5.41, 5.74) is 7.05. The molecule has 0 radical (unpaired) electrons. The van der Waals surface area contributed by atoms with Gasteiger partial charge in [-0.1, -0.05) is 12.1 Å². The SMILES string of the molecule is Nc1ccccc1N1CCN(CCC(=O)O)C1=O. The van der Waals surface area contributed by atoms with Crippen LogP contribution >= 0.6 is 0 Å². The number of aliphatic carboxylic acids is 1. The van der Waals surface area contributed by atoms with Gasteiger partial charge in [0, 0.05) is 19.6 Å². The number of carbonyl (C=O) groups is 2. The molecule has 1 heterocycles. The van der Waals surface area contributed by atoms with Gasteiger partial charge in [0.2, 0.25) is 0 Å². The average molecular weight is 249 g/mol. The van der Waals surface area contributed by atoms with Crippen LogP contribution in [0.15, 0.2) is 24.3 Å². The van der Waals surface area contributed by atoms with Gasteiger partial charge in [0.15, 0.2) is 0 Å². The number of anilines is 2. The first-order valence-electron chi connectivity index (χ1n) is 5.72. The van der Waals surface area contributed by atoms with E-state index in [1.165, 1.54) is 4.90 Å². The molecule has 2 rings (SSSR count). The Balaban J connectivity index is 2.08. The molecular weight excluding hydrogens is 234 g/mol. The Morgan fingerprint density at radius 2 is 2.06 bits per heavy atom. The van der Waals surface area contributed by atoms with Gasteiger partial charge in [0.25, 0.3) is 0 Å². The highest BCUT2D eigenvalue weighted by atomic mass is 16.4. The van der Waals surface area contributed by atoms with E-state index in [1.807, 2.05) is 12.1 Å². The van der Waals surface area contributed by atoms with Gasteiger partial charge in [0.1, 0.15) is 0 Å². The first-order valence-corrected chi connectivity index (χ1v) is 5.72. The highest BCUT2D eigenvalue weighted by molar-refractivity contribution is 5.97. The molecule has 18 heavy (non-hydrogen) atoms. The summed E-state index contributed by atoms with van der Waals surface area (Å²) in [6.45, 7) is 1.30. The first kappa shape index (κ1) is 12.2. The minimum Gasteiger partial charge on any atom is -0.481 e. The van der Waals surface area contributed by atoms with E-state index in [1.54, 1.807) is 17.0 Å². The second kappa shape index (κ2) is 4.95. The van der Waals surface area contributed by atoms with Gasteiger partial charge in [-0.3, -0.25) is 9.69 Å². The minimum atomic E-state index is -0.902. The van der Waals surface area contributed by atoms with E-state index in [2.05, 4.69) is 0 Å². The molecule has 6 heteroatoms. The molecular formula is C12H15N3O3. The minimum absolute atomic E-state index is 0.0378. The van der Waals surface area contributed by atoms with Gasteiger partial charge in [0.05, 0.1) is 17.8 Å². The Morgan fingerprint density at radius 3 is 2.72 bits per heavy atom. The number of rotatable bonds is 4. The smallest absolute Gasteiger partial charge is 0.324 e. The molecule has 0 atom stereocenters. The molecule has 0 aliphatic carbocycles. The predicted molar refractivity (Wildman–Crippen MR) is 67.4 cm³/mol. The van der Waals surface area contributed by atoms with Gasteiger partial charge in [-0.15, -0.1) is 0 Å². The van der Waals surface area contributed by atoms with E-state index >= 15 is 0 Å². The number of amides is 2. The molecule has 1 saturated heterocycles. The Labute approximate surface area is 105 Å². The van der Waals surface area contributed by atoms with Crippen molar-refractivity contribution in [3.8, 4) is 0 Å². The van der Waals surface area contributed by atoms with Gasteiger partial charge >= 0.3 is 12.0 Å². The largest absolute Gasteiger partial charge is 0.481 e. The highest BCUT2D eigenvalue weighted by Crippen LogP contribution is 2.26. The number of hydrogen-bond acceptors (Lipinski definition) is 3. The Kier molecular flexibility index (Phi) is 3.36. The third-order valence-electron chi connectivity index (χ3n) is 2.92. The highest BCUT2D eigenvalue weighted by Gasteiger charge is 2.30. The van der Waals surface area contributed by atoms with Crippen molar-refractivity contribution >= 4 is 23.4 Å². The van der Waals surface area contributed by atoms with E-state index < -0.39 is 5.97 Å². The summed E-state index contributed by atoms with van der Waals surface area (Å²) in [4.78, 5) is 25.7. The average Bonchev–Trinajstić information content (AvgIpc) is 2.69. The molecule has 0 unspecified atom stereocenters. The quantitative estimate of drug-likeness (QED) is 0.779. The lowest BCUT2D eigenvalue weighted by Crippen LogP contribution is -2.33. The second-order valence-electron chi connectivity index (χ2n) is 4.12. The lowest BCUT2D eigenvalue weighted by atomic mass is 10.2. The number of carboxylic acid groups (broad SMARTS) is 1.